The molecule has 0 aromatic heterocycles. The zero-order valence-electron chi connectivity index (χ0n) is 14.0. The molecular weight excluding hydrogens is 340 g/mol. The lowest BCUT2D eigenvalue weighted by atomic mass is 9.97. The van der Waals surface area contributed by atoms with Crippen LogP contribution in [0.1, 0.15) is 18.4 Å². The Morgan fingerprint density at radius 2 is 2.04 bits per heavy atom. The fourth-order valence-electron chi connectivity index (χ4n) is 2.73. The summed E-state index contributed by atoms with van der Waals surface area (Å²) < 4.78 is 51.3. The third-order valence-corrected chi connectivity index (χ3v) is 4.06. The van der Waals surface area contributed by atoms with Gasteiger partial charge in [0.05, 0.1) is 11.5 Å². The van der Waals surface area contributed by atoms with Gasteiger partial charge in [-0.2, -0.15) is 13.2 Å². The van der Waals surface area contributed by atoms with E-state index in [1.54, 1.807) is 23.9 Å². The summed E-state index contributed by atoms with van der Waals surface area (Å²) in [5.41, 5.74) is -1.39. The average Bonchev–Trinajstić information content (AvgIpc) is 2.53. The van der Waals surface area contributed by atoms with Gasteiger partial charge >= 0.3 is 6.18 Å². The van der Waals surface area contributed by atoms with Crippen LogP contribution < -0.4 is 5.32 Å². The molecule has 1 saturated heterocycles. The van der Waals surface area contributed by atoms with Gasteiger partial charge in [0.1, 0.15) is 5.82 Å². The minimum atomic E-state index is -4.77. The summed E-state index contributed by atoms with van der Waals surface area (Å²) in [6.45, 7) is 1.00. The van der Waals surface area contributed by atoms with Gasteiger partial charge in [0, 0.05) is 32.9 Å². The summed E-state index contributed by atoms with van der Waals surface area (Å²) in [5.74, 6) is -1.95. The van der Waals surface area contributed by atoms with Gasteiger partial charge in [0.15, 0.2) is 5.96 Å². The summed E-state index contributed by atoms with van der Waals surface area (Å²) in [6.07, 6.45) is -3.45. The Labute approximate surface area is 143 Å². The van der Waals surface area contributed by atoms with Crippen LogP contribution in [0.15, 0.2) is 18.2 Å². The van der Waals surface area contributed by atoms with Gasteiger partial charge in [0.2, 0.25) is 5.91 Å². The fraction of sp³-hybridized carbons (Fsp3) is 0.500. The number of hydrogen-bond acceptors (Lipinski definition) is 2. The number of amides is 1. The SMILES string of the molecule is CN(C)C(=N)N1CCC[C@H](C(=O)Nc2ccc(C(F)(F)F)c(F)c2)C1. The van der Waals surface area contributed by atoms with E-state index >= 15 is 0 Å². The Hall–Kier alpha value is -2.32. The number of nitrogens with zero attached hydrogens (tertiary/aromatic N) is 2. The molecule has 138 valence electrons. The maximum Gasteiger partial charge on any atom is 0.419 e. The van der Waals surface area contributed by atoms with Crippen LogP contribution in [0.5, 0.6) is 0 Å². The van der Waals surface area contributed by atoms with Crippen molar-refractivity contribution in [2.75, 3.05) is 32.5 Å². The molecule has 1 aromatic rings. The quantitative estimate of drug-likeness (QED) is 0.484. The number of rotatable bonds is 2. The molecule has 9 heteroatoms. The molecule has 1 aromatic carbocycles. The number of benzene rings is 1. The van der Waals surface area contributed by atoms with Crippen molar-refractivity contribution in [2.24, 2.45) is 5.92 Å². The number of carbonyl (C=O) groups excluding carboxylic acids is 1. The summed E-state index contributed by atoms with van der Waals surface area (Å²) >= 11 is 0. The lowest BCUT2D eigenvalue weighted by molar-refractivity contribution is -0.140. The van der Waals surface area contributed by atoms with Crippen molar-refractivity contribution < 1.29 is 22.4 Å². The minimum Gasteiger partial charge on any atom is -0.349 e. The topological polar surface area (TPSA) is 59.4 Å². The highest BCUT2D eigenvalue weighted by molar-refractivity contribution is 5.93. The molecule has 5 nitrogen and oxygen atoms in total. The van der Waals surface area contributed by atoms with E-state index in [2.05, 4.69) is 5.32 Å². The molecule has 0 unspecified atom stereocenters. The lowest BCUT2D eigenvalue weighted by Gasteiger charge is -2.35. The number of hydrogen-bond donors (Lipinski definition) is 2. The van der Waals surface area contributed by atoms with Gasteiger partial charge in [-0.3, -0.25) is 10.2 Å². The zero-order valence-corrected chi connectivity index (χ0v) is 14.0. The number of carbonyl (C=O) groups is 1. The Balaban J connectivity index is 2.04. The number of likely N-dealkylation sites (tertiary alicyclic amines) is 1. The highest BCUT2D eigenvalue weighted by Crippen LogP contribution is 2.32. The van der Waals surface area contributed by atoms with Crippen LogP contribution in [0.4, 0.5) is 23.2 Å². The minimum absolute atomic E-state index is 0.0182. The van der Waals surface area contributed by atoms with Crippen LogP contribution in [0.3, 0.4) is 0 Å². The van der Waals surface area contributed by atoms with Crippen molar-refractivity contribution in [3.05, 3.63) is 29.6 Å². The first kappa shape index (κ1) is 19.0. The molecule has 0 aliphatic carbocycles. The molecule has 0 spiro atoms. The summed E-state index contributed by atoms with van der Waals surface area (Å²) in [5, 5.41) is 10.4. The smallest absolute Gasteiger partial charge is 0.349 e. The summed E-state index contributed by atoms with van der Waals surface area (Å²) in [6, 6.07) is 2.31. The maximum absolute atomic E-state index is 13.6. The second-order valence-electron chi connectivity index (χ2n) is 6.18. The van der Waals surface area contributed by atoms with Crippen LogP contribution >= 0.6 is 0 Å². The first-order chi connectivity index (χ1) is 11.6. The first-order valence-electron chi connectivity index (χ1n) is 7.78. The van der Waals surface area contributed by atoms with E-state index in [1.165, 1.54) is 0 Å². The van der Waals surface area contributed by atoms with E-state index in [4.69, 9.17) is 5.41 Å². The van der Waals surface area contributed by atoms with E-state index in [0.717, 1.165) is 12.5 Å². The predicted octanol–water partition coefficient (Wildman–Crippen LogP) is 2.99. The van der Waals surface area contributed by atoms with E-state index in [1.807, 2.05) is 0 Å². The van der Waals surface area contributed by atoms with Crippen LogP contribution in [0, 0.1) is 17.1 Å². The van der Waals surface area contributed by atoms with Gasteiger partial charge in [-0.15, -0.1) is 0 Å². The van der Waals surface area contributed by atoms with Crippen LogP contribution in [-0.4, -0.2) is 48.9 Å². The summed E-state index contributed by atoms with van der Waals surface area (Å²) in [7, 11) is 3.47. The molecule has 1 atom stereocenters. The Kier molecular flexibility index (Phi) is 5.54. The zero-order chi connectivity index (χ0) is 18.8. The van der Waals surface area contributed by atoms with E-state index in [9.17, 15) is 22.4 Å². The number of piperidine rings is 1. The average molecular weight is 360 g/mol. The number of nitrogens with one attached hydrogen (secondary N) is 2. The third-order valence-electron chi connectivity index (χ3n) is 4.06. The van der Waals surface area contributed by atoms with E-state index < -0.39 is 29.4 Å². The molecule has 2 N–H and O–H groups in total. The van der Waals surface area contributed by atoms with Crippen molar-refractivity contribution in [1.29, 1.82) is 5.41 Å². The second kappa shape index (κ2) is 7.28. The molecule has 1 aliphatic rings. The van der Waals surface area contributed by atoms with Crippen LogP contribution in [0.2, 0.25) is 0 Å². The second-order valence-corrected chi connectivity index (χ2v) is 6.18. The van der Waals surface area contributed by atoms with Crippen LogP contribution in [0.25, 0.3) is 0 Å². The molecule has 1 heterocycles. The van der Waals surface area contributed by atoms with E-state index in [-0.39, 0.29) is 11.6 Å². The molecule has 0 bridgehead atoms. The molecule has 2 rings (SSSR count). The number of anilines is 1. The molecule has 1 amide bonds. The Morgan fingerprint density at radius 3 is 2.60 bits per heavy atom. The maximum atomic E-state index is 13.6. The first-order valence-corrected chi connectivity index (χ1v) is 7.78. The number of alkyl halides is 3. The van der Waals surface area contributed by atoms with Crippen LogP contribution in [-0.2, 0) is 11.0 Å². The third kappa shape index (κ3) is 4.61. The standard InChI is InChI=1S/C16H20F4N4O/c1-23(2)15(21)24-7-3-4-10(9-24)14(25)22-11-5-6-12(13(17)8-11)16(18,19)20/h5-6,8,10,21H,3-4,7,9H2,1-2H3,(H,22,25)/t10-/m0/s1. The van der Waals surface area contributed by atoms with Crippen molar-refractivity contribution in [2.45, 2.75) is 19.0 Å². The molecule has 1 fully saturated rings. The highest BCUT2D eigenvalue weighted by atomic mass is 19.4. The highest BCUT2D eigenvalue weighted by Gasteiger charge is 2.34. The number of guanidine groups is 1. The van der Waals surface area contributed by atoms with Gasteiger partial charge in [-0.05, 0) is 31.0 Å². The predicted molar refractivity (Wildman–Crippen MR) is 85.7 cm³/mol. The molecule has 1 aliphatic heterocycles. The molecule has 0 radical (unpaired) electrons. The molecule has 0 saturated carbocycles. The van der Waals surface area contributed by atoms with Crippen molar-refractivity contribution >= 4 is 17.6 Å². The summed E-state index contributed by atoms with van der Waals surface area (Å²) in [4.78, 5) is 15.7. The largest absolute Gasteiger partial charge is 0.419 e. The normalized spacial score (nSPS) is 18.0. The van der Waals surface area contributed by atoms with Crippen molar-refractivity contribution in [3.63, 3.8) is 0 Å². The van der Waals surface area contributed by atoms with Gasteiger partial charge in [-0.1, -0.05) is 0 Å². The Morgan fingerprint density at radius 1 is 1.36 bits per heavy atom. The Bertz CT molecular complexity index is 660. The molecule has 25 heavy (non-hydrogen) atoms. The lowest BCUT2D eigenvalue weighted by Crippen LogP contribution is -2.47. The fourth-order valence-corrected chi connectivity index (χ4v) is 2.73. The number of halogens is 4. The van der Waals surface area contributed by atoms with Crippen molar-refractivity contribution in [1.82, 2.24) is 9.80 Å². The monoisotopic (exact) mass is 360 g/mol. The van der Waals surface area contributed by atoms with E-state index in [0.29, 0.717) is 31.6 Å². The molecular formula is C16H20F4N4O. The van der Waals surface area contributed by atoms with Gasteiger partial charge in [-0.25, -0.2) is 4.39 Å². The van der Waals surface area contributed by atoms with Gasteiger partial charge < -0.3 is 15.1 Å². The van der Waals surface area contributed by atoms with Gasteiger partial charge in [0.25, 0.3) is 0 Å². The van der Waals surface area contributed by atoms with Crippen molar-refractivity contribution in [3.8, 4) is 0 Å².